The highest BCUT2D eigenvalue weighted by atomic mass is 15.3. The summed E-state index contributed by atoms with van der Waals surface area (Å²) in [5.41, 5.74) is 7.09. The summed E-state index contributed by atoms with van der Waals surface area (Å²) < 4.78 is 0. The first kappa shape index (κ1) is 14.1. The van der Waals surface area contributed by atoms with Crippen molar-refractivity contribution in [1.29, 1.82) is 0 Å². The molecule has 3 N–H and O–H groups in total. The van der Waals surface area contributed by atoms with Gasteiger partial charge < -0.3 is 16.0 Å². The maximum Gasteiger partial charge on any atom is 0.222 e. The minimum Gasteiger partial charge on any atom is -0.368 e. The molecule has 1 aliphatic heterocycles. The second-order valence-corrected chi connectivity index (χ2v) is 6.61. The first-order chi connectivity index (χ1) is 8.83. The van der Waals surface area contributed by atoms with E-state index in [0.717, 1.165) is 37.6 Å². The molecule has 0 spiro atoms. The zero-order valence-corrected chi connectivity index (χ0v) is 12.4. The molecule has 5 nitrogen and oxygen atoms in total. The molecule has 5 heteroatoms. The molecule has 1 saturated heterocycles. The lowest BCUT2D eigenvalue weighted by Gasteiger charge is -2.33. The molecular formula is C14H25N5. The first-order valence-corrected chi connectivity index (χ1v) is 6.95. The highest BCUT2D eigenvalue weighted by Gasteiger charge is 2.19. The second-order valence-electron chi connectivity index (χ2n) is 6.61. The van der Waals surface area contributed by atoms with Crippen molar-refractivity contribution in [1.82, 2.24) is 15.3 Å². The van der Waals surface area contributed by atoms with Gasteiger partial charge >= 0.3 is 0 Å². The van der Waals surface area contributed by atoms with E-state index in [1.54, 1.807) is 0 Å². The average molecular weight is 263 g/mol. The number of nitrogens with two attached hydrogens (primary N) is 1. The van der Waals surface area contributed by atoms with E-state index in [9.17, 15) is 0 Å². The molecule has 19 heavy (non-hydrogen) atoms. The number of nitrogens with zero attached hydrogens (tertiary/aromatic N) is 3. The van der Waals surface area contributed by atoms with Gasteiger partial charge in [0.15, 0.2) is 0 Å². The van der Waals surface area contributed by atoms with Gasteiger partial charge in [-0.3, -0.25) is 0 Å². The van der Waals surface area contributed by atoms with Crippen molar-refractivity contribution in [3.8, 4) is 0 Å². The Morgan fingerprint density at radius 2 is 2.16 bits per heavy atom. The summed E-state index contributed by atoms with van der Waals surface area (Å²) >= 11 is 0. The van der Waals surface area contributed by atoms with E-state index in [1.165, 1.54) is 0 Å². The Morgan fingerprint density at radius 3 is 2.79 bits per heavy atom. The number of anilines is 2. The van der Waals surface area contributed by atoms with Gasteiger partial charge in [-0.25, -0.2) is 4.98 Å². The molecule has 1 aromatic heterocycles. The molecular weight excluding hydrogens is 238 g/mol. The van der Waals surface area contributed by atoms with Crippen LogP contribution >= 0.6 is 0 Å². The minimum atomic E-state index is 0.203. The lowest BCUT2D eigenvalue weighted by molar-refractivity contribution is 0.406. The number of rotatable bonds is 2. The van der Waals surface area contributed by atoms with Crippen molar-refractivity contribution >= 4 is 11.8 Å². The van der Waals surface area contributed by atoms with Gasteiger partial charge in [-0.15, -0.1) is 0 Å². The van der Waals surface area contributed by atoms with E-state index in [1.807, 2.05) is 0 Å². The maximum atomic E-state index is 5.86. The molecule has 1 fully saturated rings. The van der Waals surface area contributed by atoms with Gasteiger partial charge in [-0.1, -0.05) is 20.8 Å². The molecule has 0 radical (unpaired) electrons. The van der Waals surface area contributed by atoms with Gasteiger partial charge in [-0.05, 0) is 18.8 Å². The van der Waals surface area contributed by atoms with Crippen LogP contribution in [0.25, 0.3) is 0 Å². The van der Waals surface area contributed by atoms with Gasteiger partial charge in [0.2, 0.25) is 5.95 Å². The monoisotopic (exact) mass is 263 g/mol. The van der Waals surface area contributed by atoms with Crippen molar-refractivity contribution < 1.29 is 0 Å². The molecule has 0 saturated carbocycles. The van der Waals surface area contributed by atoms with Gasteiger partial charge in [0, 0.05) is 37.4 Å². The summed E-state index contributed by atoms with van der Waals surface area (Å²) in [5.74, 6) is 1.34. The largest absolute Gasteiger partial charge is 0.368 e. The number of hydrogen-bond acceptors (Lipinski definition) is 5. The van der Waals surface area contributed by atoms with Crippen molar-refractivity contribution in [3.63, 3.8) is 0 Å². The minimum absolute atomic E-state index is 0.203. The van der Waals surface area contributed by atoms with Crippen molar-refractivity contribution in [2.75, 3.05) is 30.3 Å². The fraction of sp³-hybridized carbons (Fsp3) is 0.714. The molecule has 1 atom stereocenters. The zero-order valence-electron chi connectivity index (χ0n) is 12.4. The molecule has 106 valence electrons. The Bertz CT molecular complexity index is 438. The van der Waals surface area contributed by atoms with Crippen LogP contribution in [0.3, 0.4) is 0 Å². The molecule has 0 aliphatic carbocycles. The summed E-state index contributed by atoms with van der Waals surface area (Å²) in [4.78, 5) is 11.0. The molecule has 0 unspecified atom stereocenters. The molecule has 2 rings (SSSR count). The van der Waals surface area contributed by atoms with E-state index in [4.69, 9.17) is 5.73 Å². The van der Waals surface area contributed by atoms with Crippen molar-refractivity contribution in [2.24, 2.45) is 5.41 Å². The SMILES string of the molecule is C[C@H]1CN(c2cc(CC(C)(C)C)nc(N)n2)CCN1. The Labute approximate surface area is 115 Å². The van der Waals surface area contributed by atoms with E-state index in [2.05, 4.69) is 53.9 Å². The third-order valence-electron chi connectivity index (χ3n) is 3.19. The molecule has 2 heterocycles. The van der Waals surface area contributed by atoms with Crippen molar-refractivity contribution in [3.05, 3.63) is 11.8 Å². The predicted molar refractivity (Wildman–Crippen MR) is 79.3 cm³/mol. The Balaban J connectivity index is 2.21. The van der Waals surface area contributed by atoms with Crippen LogP contribution in [0.15, 0.2) is 6.07 Å². The van der Waals surface area contributed by atoms with Crippen LogP contribution in [0.2, 0.25) is 0 Å². The fourth-order valence-electron chi connectivity index (χ4n) is 2.44. The van der Waals surface area contributed by atoms with Gasteiger partial charge in [0.25, 0.3) is 0 Å². The number of aromatic nitrogens is 2. The second kappa shape index (κ2) is 5.33. The van der Waals surface area contributed by atoms with Crippen LogP contribution < -0.4 is 16.0 Å². The lowest BCUT2D eigenvalue weighted by atomic mass is 9.90. The Kier molecular flexibility index (Phi) is 3.94. The molecule has 1 aliphatic rings. The van der Waals surface area contributed by atoms with Crippen LogP contribution in [-0.2, 0) is 6.42 Å². The van der Waals surface area contributed by atoms with Crippen LogP contribution in [0.4, 0.5) is 11.8 Å². The number of hydrogen-bond donors (Lipinski definition) is 2. The molecule has 0 bridgehead atoms. The van der Waals surface area contributed by atoms with E-state index < -0.39 is 0 Å². The van der Waals surface area contributed by atoms with Gasteiger partial charge in [0.05, 0.1) is 0 Å². The summed E-state index contributed by atoms with van der Waals surface area (Å²) in [6, 6.07) is 2.57. The van der Waals surface area contributed by atoms with E-state index in [-0.39, 0.29) is 5.41 Å². The third kappa shape index (κ3) is 4.06. The number of nitrogen functional groups attached to an aromatic ring is 1. The number of piperazine rings is 1. The zero-order chi connectivity index (χ0) is 14.0. The van der Waals surface area contributed by atoms with Gasteiger partial charge in [0.1, 0.15) is 5.82 Å². The highest BCUT2D eigenvalue weighted by molar-refractivity contribution is 5.44. The lowest BCUT2D eigenvalue weighted by Crippen LogP contribution is -2.49. The molecule has 0 aromatic carbocycles. The summed E-state index contributed by atoms with van der Waals surface area (Å²) in [6.45, 7) is 11.7. The van der Waals surface area contributed by atoms with Crippen molar-refractivity contribution in [2.45, 2.75) is 40.2 Å². The quantitative estimate of drug-likeness (QED) is 0.845. The highest BCUT2D eigenvalue weighted by Crippen LogP contribution is 2.23. The first-order valence-electron chi connectivity index (χ1n) is 6.95. The Hall–Kier alpha value is -1.36. The van der Waals surface area contributed by atoms with Crippen LogP contribution in [0.1, 0.15) is 33.4 Å². The smallest absolute Gasteiger partial charge is 0.222 e. The molecule has 0 amide bonds. The normalized spacial score (nSPS) is 20.6. The number of nitrogens with one attached hydrogen (secondary N) is 1. The molecule has 1 aromatic rings. The average Bonchev–Trinajstić information content (AvgIpc) is 2.25. The van der Waals surface area contributed by atoms with E-state index in [0.29, 0.717) is 12.0 Å². The standard InChI is InChI=1S/C14H25N5/c1-10-9-19(6-5-16-10)12-7-11(8-14(2,3)4)17-13(15)18-12/h7,10,16H,5-6,8-9H2,1-4H3,(H2,15,17,18)/t10-/m0/s1. The van der Waals surface area contributed by atoms with Crippen LogP contribution in [-0.4, -0.2) is 35.6 Å². The predicted octanol–water partition coefficient (Wildman–Crippen LogP) is 1.45. The van der Waals surface area contributed by atoms with Gasteiger partial charge in [-0.2, -0.15) is 4.98 Å². The Morgan fingerprint density at radius 1 is 1.42 bits per heavy atom. The summed E-state index contributed by atoms with van der Waals surface area (Å²) in [7, 11) is 0. The third-order valence-corrected chi connectivity index (χ3v) is 3.19. The summed E-state index contributed by atoms with van der Waals surface area (Å²) in [6.07, 6.45) is 0.911. The van der Waals surface area contributed by atoms with E-state index >= 15 is 0 Å². The maximum absolute atomic E-state index is 5.86. The van der Waals surface area contributed by atoms with Crippen LogP contribution in [0, 0.1) is 5.41 Å². The summed E-state index contributed by atoms with van der Waals surface area (Å²) in [5, 5.41) is 3.43. The van der Waals surface area contributed by atoms with Crippen LogP contribution in [0.5, 0.6) is 0 Å². The topological polar surface area (TPSA) is 67.1 Å². The fourth-order valence-corrected chi connectivity index (χ4v) is 2.44.